The van der Waals surface area contributed by atoms with Gasteiger partial charge in [-0.2, -0.15) is 30.7 Å². The van der Waals surface area contributed by atoms with E-state index in [1.165, 1.54) is 0 Å². The Labute approximate surface area is 59.0 Å². The van der Waals surface area contributed by atoms with Gasteiger partial charge < -0.3 is 0 Å². The molecule has 0 saturated heterocycles. The van der Waals surface area contributed by atoms with Gasteiger partial charge in [0.25, 0.3) is 0 Å². The SMILES string of the molecule is FC(F)(F)C(F)(F)C(F)(F)P. The van der Waals surface area contributed by atoms with Crippen molar-refractivity contribution in [3.05, 3.63) is 0 Å². The maximum absolute atomic E-state index is 11.5. The first-order valence-electron chi connectivity index (χ1n) is 2.11. The summed E-state index contributed by atoms with van der Waals surface area (Å²) in [7, 11) is 0.145. The second kappa shape index (κ2) is 2.47. The summed E-state index contributed by atoms with van der Waals surface area (Å²) >= 11 is 0. The van der Waals surface area contributed by atoms with E-state index in [0.717, 1.165) is 0 Å². The van der Waals surface area contributed by atoms with Crippen molar-refractivity contribution in [2.24, 2.45) is 0 Å². The Kier molecular flexibility index (Phi) is 2.45. The minimum Gasteiger partial charge on any atom is -0.195 e. The second-order valence-corrected chi connectivity index (χ2v) is 2.42. The summed E-state index contributed by atoms with van der Waals surface area (Å²) in [5.41, 5.74) is -5.16. The molecule has 0 aromatic heterocycles. The molecule has 0 spiro atoms. The number of alkyl halides is 7. The molecule has 1 atom stereocenters. The lowest BCUT2D eigenvalue weighted by molar-refractivity contribution is -0.330. The standard InChI is InChI=1S/C3H2F7P/c4-1(5,2(6,7)8)3(9,10)11/h11H2. The van der Waals surface area contributed by atoms with Gasteiger partial charge in [0.2, 0.25) is 0 Å². The Hall–Kier alpha value is -0.0600. The van der Waals surface area contributed by atoms with Crippen molar-refractivity contribution in [2.45, 2.75) is 17.8 Å². The molecule has 0 aromatic rings. The Morgan fingerprint density at radius 1 is 0.727 bits per heavy atom. The zero-order valence-electron chi connectivity index (χ0n) is 4.72. The van der Waals surface area contributed by atoms with Crippen LogP contribution in [0, 0.1) is 0 Å². The molecule has 0 saturated carbocycles. The number of hydrogen-bond acceptors (Lipinski definition) is 0. The van der Waals surface area contributed by atoms with Crippen molar-refractivity contribution < 1.29 is 30.7 Å². The van der Waals surface area contributed by atoms with Gasteiger partial charge in [0, 0.05) is 0 Å². The van der Waals surface area contributed by atoms with Crippen molar-refractivity contribution in [3.63, 3.8) is 0 Å². The smallest absolute Gasteiger partial charge is 0.195 e. The molecule has 8 heteroatoms. The molecule has 0 nitrogen and oxygen atoms in total. The Bertz CT molecular complexity index is 125. The van der Waals surface area contributed by atoms with Gasteiger partial charge >= 0.3 is 17.8 Å². The topological polar surface area (TPSA) is 0 Å². The molecule has 0 rings (SSSR count). The van der Waals surface area contributed by atoms with Crippen LogP contribution in [0.2, 0.25) is 0 Å². The molecule has 0 heterocycles. The summed E-state index contributed by atoms with van der Waals surface area (Å²) in [4.78, 5) is 0. The lowest BCUT2D eigenvalue weighted by atomic mass is 10.3. The summed E-state index contributed by atoms with van der Waals surface area (Å²) < 4.78 is 79.3. The third-order valence-corrected chi connectivity index (χ3v) is 1.14. The fraction of sp³-hybridized carbons (Fsp3) is 1.00. The molecule has 1 unspecified atom stereocenters. The predicted molar refractivity (Wildman–Crippen MR) is 25.7 cm³/mol. The fourth-order valence-corrected chi connectivity index (χ4v) is 0.353. The molecular formula is C3H2F7P. The summed E-state index contributed by atoms with van der Waals surface area (Å²) in [6, 6.07) is 0. The molecule has 68 valence electrons. The third kappa shape index (κ3) is 1.95. The second-order valence-electron chi connectivity index (χ2n) is 1.70. The van der Waals surface area contributed by atoms with Crippen LogP contribution >= 0.6 is 9.24 Å². The van der Waals surface area contributed by atoms with E-state index in [9.17, 15) is 30.7 Å². The molecule has 0 aliphatic heterocycles. The van der Waals surface area contributed by atoms with E-state index >= 15 is 0 Å². The van der Waals surface area contributed by atoms with Gasteiger partial charge in [-0.05, 0) is 0 Å². The minimum absolute atomic E-state index is 0.145. The third-order valence-electron chi connectivity index (χ3n) is 0.775. The van der Waals surface area contributed by atoms with E-state index in [1.807, 2.05) is 0 Å². The highest BCUT2D eigenvalue weighted by atomic mass is 31.0. The van der Waals surface area contributed by atoms with Gasteiger partial charge in [-0.3, -0.25) is 0 Å². The Morgan fingerprint density at radius 3 is 1.00 bits per heavy atom. The lowest BCUT2D eigenvalue weighted by Crippen LogP contribution is -2.48. The first-order chi connectivity index (χ1) is 4.50. The monoisotopic (exact) mass is 202 g/mol. The quantitative estimate of drug-likeness (QED) is 0.452. The first-order valence-corrected chi connectivity index (χ1v) is 2.69. The van der Waals surface area contributed by atoms with Crippen LogP contribution < -0.4 is 0 Å². The molecule has 0 radical (unpaired) electrons. The van der Waals surface area contributed by atoms with Gasteiger partial charge in [-0.1, -0.05) is 9.24 Å². The summed E-state index contributed by atoms with van der Waals surface area (Å²) in [5, 5.41) is 0. The Balaban J connectivity index is 4.75. The summed E-state index contributed by atoms with van der Waals surface area (Å²) in [6.45, 7) is 0. The maximum Gasteiger partial charge on any atom is 0.460 e. The van der Waals surface area contributed by atoms with Gasteiger partial charge in [-0.15, -0.1) is 0 Å². The van der Waals surface area contributed by atoms with Gasteiger partial charge in [0.15, 0.2) is 0 Å². The van der Waals surface area contributed by atoms with Crippen LogP contribution in [0.15, 0.2) is 0 Å². The van der Waals surface area contributed by atoms with E-state index in [1.54, 1.807) is 0 Å². The molecule has 0 bridgehead atoms. The average molecular weight is 202 g/mol. The minimum atomic E-state index is -6.22. The molecule has 0 aliphatic carbocycles. The van der Waals surface area contributed by atoms with Crippen LogP contribution in [-0.4, -0.2) is 17.8 Å². The van der Waals surface area contributed by atoms with Crippen molar-refractivity contribution in [1.29, 1.82) is 0 Å². The molecule has 0 N–H and O–H groups in total. The molecule has 0 aliphatic rings. The Morgan fingerprint density at radius 2 is 1.00 bits per heavy atom. The fourth-order valence-electron chi connectivity index (χ4n) is 0.189. The van der Waals surface area contributed by atoms with Crippen LogP contribution in [0.4, 0.5) is 30.7 Å². The molecule has 0 fully saturated rings. The van der Waals surface area contributed by atoms with E-state index in [2.05, 4.69) is 0 Å². The molecule has 11 heavy (non-hydrogen) atoms. The zero-order valence-corrected chi connectivity index (χ0v) is 5.88. The van der Waals surface area contributed by atoms with E-state index in [0.29, 0.717) is 0 Å². The summed E-state index contributed by atoms with van der Waals surface area (Å²) in [6.07, 6.45) is -6.22. The van der Waals surface area contributed by atoms with Gasteiger partial charge in [0.1, 0.15) is 0 Å². The average Bonchev–Trinajstić information content (AvgIpc) is 1.58. The van der Waals surface area contributed by atoms with E-state index in [-0.39, 0.29) is 9.24 Å². The summed E-state index contributed by atoms with van der Waals surface area (Å²) in [5.74, 6) is -6.00. The van der Waals surface area contributed by atoms with Crippen LogP contribution in [0.25, 0.3) is 0 Å². The highest BCUT2D eigenvalue weighted by Crippen LogP contribution is 2.49. The molecule has 0 aromatic carbocycles. The highest BCUT2D eigenvalue weighted by Gasteiger charge is 2.70. The van der Waals surface area contributed by atoms with E-state index in [4.69, 9.17) is 0 Å². The van der Waals surface area contributed by atoms with Crippen LogP contribution in [0.3, 0.4) is 0 Å². The maximum atomic E-state index is 11.5. The van der Waals surface area contributed by atoms with Crippen molar-refractivity contribution in [2.75, 3.05) is 0 Å². The zero-order chi connectivity index (χ0) is 9.50. The van der Waals surface area contributed by atoms with Gasteiger partial charge in [0.05, 0.1) is 0 Å². The number of halogens is 7. The molecular weight excluding hydrogens is 200 g/mol. The molecule has 0 amide bonds. The van der Waals surface area contributed by atoms with E-state index < -0.39 is 17.8 Å². The van der Waals surface area contributed by atoms with Gasteiger partial charge in [-0.25, -0.2) is 0 Å². The van der Waals surface area contributed by atoms with Crippen LogP contribution in [0.5, 0.6) is 0 Å². The normalized spacial score (nSPS) is 15.3. The largest absolute Gasteiger partial charge is 0.460 e. The highest BCUT2D eigenvalue weighted by molar-refractivity contribution is 7.18. The number of hydrogen-bond donors (Lipinski definition) is 0. The predicted octanol–water partition coefficient (Wildman–Crippen LogP) is 2.65. The van der Waals surface area contributed by atoms with Crippen molar-refractivity contribution in [3.8, 4) is 0 Å². The van der Waals surface area contributed by atoms with Crippen LogP contribution in [-0.2, 0) is 0 Å². The van der Waals surface area contributed by atoms with Crippen molar-refractivity contribution >= 4 is 9.24 Å². The van der Waals surface area contributed by atoms with Crippen LogP contribution in [0.1, 0.15) is 0 Å². The first kappa shape index (κ1) is 10.9. The van der Waals surface area contributed by atoms with Crippen molar-refractivity contribution in [1.82, 2.24) is 0 Å². The number of rotatable bonds is 1. The lowest BCUT2D eigenvalue weighted by Gasteiger charge is -2.24.